The van der Waals surface area contributed by atoms with Crippen LogP contribution in [0.3, 0.4) is 0 Å². The number of hydrogen-bond donors (Lipinski definition) is 2. The number of halogens is 1. The molecule has 1 aromatic carbocycles. The molecule has 1 aliphatic rings. The number of hydrogen-bond acceptors (Lipinski definition) is 6. The fourth-order valence-electron chi connectivity index (χ4n) is 2.49. The highest BCUT2D eigenvalue weighted by Crippen LogP contribution is 2.36. The van der Waals surface area contributed by atoms with Crippen molar-refractivity contribution in [3.63, 3.8) is 0 Å². The lowest BCUT2D eigenvalue weighted by atomic mass is 9.87. The summed E-state index contributed by atoms with van der Waals surface area (Å²) < 4.78 is 1.09. The molecular formula is C17H13IN4O2S2. The van der Waals surface area contributed by atoms with Crippen molar-refractivity contribution in [1.82, 2.24) is 10.3 Å². The van der Waals surface area contributed by atoms with Crippen molar-refractivity contribution in [3.05, 3.63) is 55.6 Å². The topological polar surface area (TPSA) is 94.9 Å². The molecule has 0 fully saturated rings. The summed E-state index contributed by atoms with van der Waals surface area (Å²) in [6.45, 7) is 0. The van der Waals surface area contributed by atoms with Gasteiger partial charge in [-0.3, -0.25) is 9.59 Å². The molecule has 2 heterocycles. The van der Waals surface area contributed by atoms with E-state index < -0.39 is 0 Å². The predicted molar refractivity (Wildman–Crippen MR) is 111 cm³/mol. The zero-order valence-corrected chi connectivity index (χ0v) is 17.2. The summed E-state index contributed by atoms with van der Waals surface area (Å²) in [4.78, 5) is 28.1. The van der Waals surface area contributed by atoms with Crippen molar-refractivity contribution in [2.45, 2.75) is 12.3 Å². The fourth-order valence-corrected chi connectivity index (χ4v) is 4.27. The first-order valence-electron chi connectivity index (χ1n) is 7.58. The molecule has 1 unspecified atom stereocenters. The number of nitrogens with zero attached hydrogens (tertiary/aromatic N) is 2. The van der Waals surface area contributed by atoms with Crippen LogP contribution in [0.25, 0.3) is 0 Å². The molecule has 0 bridgehead atoms. The van der Waals surface area contributed by atoms with Gasteiger partial charge < -0.3 is 10.6 Å². The molecule has 1 aromatic heterocycles. The van der Waals surface area contributed by atoms with E-state index in [4.69, 9.17) is 0 Å². The first-order chi connectivity index (χ1) is 12.6. The van der Waals surface area contributed by atoms with Crippen LogP contribution in [0.2, 0.25) is 0 Å². The normalized spacial score (nSPS) is 16.8. The second-order valence-electron chi connectivity index (χ2n) is 5.39. The van der Waals surface area contributed by atoms with Gasteiger partial charge in [-0.1, -0.05) is 23.9 Å². The van der Waals surface area contributed by atoms with E-state index in [1.165, 1.54) is 11.3 Å². The molecule has 1 aliphatic heterocycles. The van der Waals surface area contributed by atoms with Crippen molar-refractivity contribution in [2.24, 2.45) is 0 Å². The van der Waals surface area contributed by atoms with Crippen molar-refractivity contribution >= 4 is 62.6 Å². The maximum Gasteiger partial charge on any atom is 0.236 e. The molecule has 2 N–H and O–H groups in total. The Morgan fingerprint density at radius 3 is 2.88 bits per heavy atom. The van der Waals surface area contributed by atoms with E-state index in [0.29, 0.717) is 15.7 Å². The number of carbonyl (C=O) groups is 2. The number of aromatic nitrogens is 1. The van der Waals surface area contributed by atoms with Crippen molar-refractivity contribution in [2.75, 3.05) is 11.1 Å². The average Bonchev–Trinajstić information content (AvgIpc) is 3.13. The Labute approximate surface area is 172 Å². The number of benzene rings is 1. The third-order valence-corrected chi connectivity index (χ3v) is 6.08. The summed E-state index contributed by atoms with van der Waals surface area (Å²) in [5, 5.41) is 17.8. The van der Waals surface area contributed by atoms with Gasteiger partial charge in [0, 0.05) is 27.5 Å². The zero-order valence-electron chi connectivity index (χ0n) is 13.4. The summed E-state index contributed by atoms with van der Waals surface area (Å²) in [5.74, 6) is -0.606. The van der Waals surface area contributed by atoms with E-state index in [-0.39, 0.29) is 29.9 Å². The lowest BCUT2D eigenvalue weighted by molar-refractivity contribution is -0.121. The average molecular weight is 496 g/mol. The molecule has 0 aliphatic carbocycles. The number of allylic oxidation sites excluding steroid dienone is 1. The Hall–Kier alpha value is -1.90. The number of rotatable bonds is 5. The minimum absolute atomic E-state index is 0.0831. The van der Waals surface area contributed by atoms with Gasteiger partial charge >= 0.3 is 0 Å². The van der Waals surface area contributed by atoms with E-state index in [1.54, 1.807) is 11.6 Å². The number of amides is 2. The van der Waals surface area contributed by atoms with Crippen LogP contribution in [0, 0.1) is 14.9 Å². The zero-order chi connectivity index (χ0) is 18.5. The third-order valence-electron chi connectivity index (χ3n) is 3.65. The van der Waals surface area contributed by atoms with E-state index in [9.17, 15) is 14.9 Å². The van der Waals surface area contributed by atoms with Gasteiger partial charge in [-0.05, 0) is 40.3 Å². The van der Waals surface area contributed by atoms with Crippen LogP contribution in [0.5, 0.6) is 0 Å². The molecule has 1 atom stereocenters. The van der Waals surface area contributed by atoms with Crippen LogP contribution < -0.4 is 10.6 Å². The second kappa shape index (κ2) is 8.66. The Bertz CT molecular complexity index is 888. The number of carbonyl (C=O) groups excluding carboxylic acids is 2. The molecule has 0 saturated carbocycles. The maximum absolute atomic E-state index is 12.1. The molecule has 6 nitrogen and oxygen atoms in total. The largest absolute Gasteiger partial charge is 0.320 e. The third kappa shape index (κ3) is 4.63. The van der Waals surface area contributed by atoms with Gasteiger partial charge in [-0.2, -0.15) is 5.26 Å². The van der Waals surface area contributed by atoms with Crippen LogP contribution in [0.15, 0.2) is 46.4 Å². The monoisotopic (exact) mass is 496 g/mol. The molecule has 9 heteroatoms. The lowest BCUT2D eigenvalue weighted by Crippen LogP contribution is -2.31. The predicted octanol–water partition coefficient (Wildman–Crippen LogP) is 3.46. The van der Waals surface area contributed by atoms with Gasteiger partial charge in [0.1, 0.15) is 0 Å². The van der Waals surface area contributed by atoms with E-state index in [2.05, 4.69) is 44.3 Å². The van der Waals surface area contributed by atoms with Gasteiger partial charge in [-0.15, -0.1) is 11.3 Å². The van der Waals surface area contributed by atoms with Gasteiger partial charge in [-0.25, -0.2) is 4.98 Å². The number of anilines is 1. The van der Waals surface area contributed by atoms with Gasteiger partial charge in [0.15, 0.2) is 5.13 Å². The molecule has 0 saturated heterocycles. The van der Waals surface area contributed by atoms with Crippen LogP contribution in [0.4, 0.5) is 5.13 Å². The summed E-state index contributed by atoms with van der Waals surface area (Å²) in [6.07, 6.45) is 1.83. The van der Waals surface area contributed by atoms with Gasteiger partial charge in [0.25, 0.3) is 0 Å². The van der Waals surface area contributed by atoms with Gasteiger partial charge in [0.05, 0.1) is 22.4 Å². The quantitative estimate of drug-likeness (QED) is 0.619. The summed E-state index contributed by atoms with van der Waals surface area (Å²) in [7, 11) is 0. The highest BCUT2D eigenvalue weighted by molar-refractivity contribution is 14.1. The van der Waals surface area contributed by atoms with Crippen molar-refractivity contribution in [1.29, 1.82) is 5.26 Å². The number of thiazole rings is 1. The Morgan fingerprint density at radius 2 is 2.23 bits per heavy atom. The lowest BCUT2D eigenvalue weighted by Gasteiger charge is -2.25. The molecular weight excluding hydrogens is 483 g/mol. The van der Waals surface area contributed by atoms with Crippen LogP contribution in [-0.2, 0) is 9.59 Å². The number of thioether (sulfide) groups is 1. The minimum Gasteiger partial charge on any atom is -0.320 e. The van der Waals surface area contributed by atoms with E-state index >= 15 is 0 Å². The summed E-state index contributed by atoms with van der Waals surface area (Å²) in [5.41, 5.74) is 1.40. The fraction of sp³-hybridized carbons (Fsp3) is 0.176. The standard InChI is InChI=1S/C17H13IN4O2S2/c18-11-3-1-10(2-4-11)12-7-14(23)21-16(13(12)8-19)26-9-15(24)22-17-20-5-6-25-17/h1-6,12H,7,9H2,(H,21,23)(H,20,22,24). The van der Waals surface area contributed by atoms with Gasteiger partial charge in [0.2, 0.25) is 11.8 Å². The van der Waals surface area contributed by atoms with E-state index in [1.807, 2.05) is 24.3 Å². The van der Waals surface area contributed by atoms with Crippen LogP contribution in [0.1, 0.15) is 17.9 Å². The highest BCUT2D eigenvalue weighted by atomic mass is 127. The first kappa shape index (κ1) is 18.9. The van der Waals surface area contributed by atoms with E-state index in [0.717, 1.165) is 20.9 Å². The molecule has 0 radical (unpaired) electrons. The molecule has 132 valence electrons. The van der Waals surface area contributed by atoms with Crippen LogP contribution >= 0.6 is 45.7 Å². The molecule has 0 spiro atoms. The first-order valence-corrected chi connectivity index (χ1v) is 10.5. The maximum atomic E-state index is 12.1. The number of nitriles is 1. The Balaban J connectivity index is 1.76. The van der Waals surface area contributed by atoms with Crippen molar-refractivity contribution in [3.8, 4) is 6.07 Å². The SMILES string of the molecule is N#CC1=C(SCC(=O)Nc2nccs2)NC(=O)CC1c1ccc(I)cc1. The smallest absolute Gasteiger partial charge is 0.236 e. The molecule has 26 heavy (non-hydrogen) atoms. The Morgan fingerprint density at radius 1 is 1.46 bits per heavy atom. The molecule has 2 aromatic rings. The number of nitrogens with one attached hydrogen (secondary N) is 2. The van der Waals surface area contributed by atoms with Crippen molar-refractivity contribution < 1.29 is 9.59 Å². The summed E-state index contributed by atoms with van der Waals surface area (Å²) >= 11 is 4.69. The second-order valence-corrected chi connectivity index (χ2v) is 8.51. The Kier molecular flexibility index (Phi) is 6.29. The molecule has 2 amide bonds. The molecule has 3 rings (SSSR count). The summed E-state index contributed by atoms with van der Waals surface area (Å²) in [6, 6.07) is 9.97. The highest BCUT2D eigenvalue weighted by Gasteiger charge is 2.29. The van der Waals surface area contributed by atoms with Crippen LogP contribution in [-0.4, -0.2) is 22.6 Å². The minimum atomic E-state index is -0.296.